The normalized spacial score (nSPS) is 24.4. The molecule has 1 unspecified atom stereocenters. The van der Waals surface area contributed by atoms with Gasteiger partial charge in [-0.15, -0.1) is 0 Å². The highest BCUT2D eigenvalue weighted by atomic mass is 16.5. The first-order valence-corrected chi connectivity index (χ1v) is 6.90. The first-order valence-electron chi connectivity index (χ1n) is 6.90. The Balaban J connectivity index is 1.42. The zero-order valence-electron chi connectivity index (χ0n) is 10.4. The van der Waals surface area contributed by atoms with Gasteiger partial charge in [-0.05, 0) is 43.7 Å². The Morgan fingerprint density at radius 2 is 2.29 bits per heavy atom. The smallest absolute Gasteiger partial charge is 0.0593 e. The molecule has 94 valence electrons. The second-order valence-electron chi connectivity index (χ2n) is 5.34. The van der Waals surface area contributed by atoms with Crippen molar-refractivity contribution in [3.8, 4) is 0 Å². The molecule has 0 amide bonds. The van der Waals surface area contributed by atoms with Crippen LogP contribution in [0.3, 0.4) is 0 Å². The second kappa shape index (κ2) is 5.23. The van der Waals surface area contributed by atoms with E-state index in [1.165, 1.54) is 31.2 Å². The van der Waals surface area contributed by atoms with Crippen LogP contribution in [0, 0.1) is 0 Å². The molecule has 0 aromatic carbocycles. The minimum atomic E-state index is 0.505. The van der Waals surface area contributed by atoms with E-state index in [0.29, 0.717) is 6.10 Å². The second-order valence-corrected chi connectivity index (χ2v) is 5.34. The molecule has 1 saturated heterocycles. The summed E-state index contributed by atoms with van der Waals surface area (Å²) in [6.07, 6.45) is 11.3. The number of rotatable bonds is 6. The zero-order chi connectivity index (χ0) is 11.5. The molecule has 2 heterocycles. The van der Waals surface area contributed by atoms with Crippen molar-refractivity contribution in [3.63, 3.8) is 0 Å². The summed E-state index contributed by atoms with van der Waals surface area (Å²) >= 11 is 0. The molecule has 1 N–H and O–H groups in total. The van der Waals surface area contributed by atoms with Crippen molar-refractivity contribution < 1.29 is 4.74 Å². The largest absolute Gasteiger partial charge is 0.378 e. The fraction of sp³-hybridized carbons (Fsp3) is 0.714. The lowest BCUT2D eigenvalue weighted by atomic mass is 10.2. The quantitative estimate of drug-likeness (QED) is 0.817. The molecular formula is C14H22N2O. The molecule has 3 nitrogen and oxygen atoms in total. The lowest BCUT2D eigenvalue weighted by Gasteiger charge is -2.09. The third kappa shape index (κ3) is 3.33. The van der Waals surface area contributed by atoms with Crippen molar-refractivity contribution in [1.82, 2.24) is 9.88 Å². The Labute approximate surface area is 103 Å². The van der Waals surface area contributed by atoms with Crippen LogP contribution in [0.1, 0.15) is 37.7 Å². The van der Waals surface area contributed by atoms with Crippen LogP contribution in [0.25, 0.3) is 0 Å². The van der Waals surface area contributed by atoms with Gasteiger partial charge in [0.2, 0.25) is 0 Å². The molecule has 1 aromatic rings. The van der Waals surface area contributed by atoms with Gasteiger partial charge in [0.15, 0.2) is 0 Å². The minimum absolute atomic E-state index is 0.505. The number of aryl methyl sites for hydroxylation is 1. The molecule has 0 radical (unpaired) electrons. The lowest BCUT2D eigenvalue weighted by Crippen LogP contribution is -2.14. The van der Waals surface area contributed by atoms with Crippen molar-refractivity contribution in [2.75, 3.05) is 6.61 Å². The van der Waals surface area contributed by atoms with Crippen LogP contribution in [0.15, 0.2) is 18.5 Å². The van der Waals surface area contributed by atoms with Gasteiger partial charge < -0.3 is 14.6 Å². The van der Waals surface area contributed by atoms with E-state index >= 15 is 0 Å². The van der Waals surface area contributed by atoms with Crippen LogP contribution in [0.2, 0.25) is 0 Å². The third-order valence-corrected chi connectivity index (χ3v) is 3.72. The SMILES string of the molecule is c1cn(CCC2CCCO2)cc1CNC1CC1. The molecule has 1 atom stereocenters. The summed E-state index contributed by atoms with van der Waals surface area (Å²) in [6, 6.07) is 3.02. The number of nitrogens with zero attached hydrogens (tertiary/aromatic N) is 1. The number of hydrogen-bond donors (Lipinski definition) is 1. The number of hydrogen-bond acceptors (Lipinski definition) is 2. The Morgan fingerprint density at radius 3 is 3.06 bits per heavy atom. The van der Waals surface area contributed by atoms with Gasteiger partial charge in [0.1, 0.15) is 0 Å². The molecule has 1 aliphatic heterocycles. The minimum Gasteiger partial charge on any atom is -0.378 e. The van der Waals surface area contributed by atoms with E-state index in [2.05, 4.69) is 28.3 Å². The highest BCUT2D eigenvalue weighted by Crippen LogP contribution is 2.19. The van der Waals surface area contributed by atoms with Gasteiger partial charge in [0.05, 0.1) is 6.10 Å². The van der Waals surface area contributed by atoms with Crippen LogP contribution in [-0.2, 0) is 17.8 Å². The van der Waals surface area contributed by atoms with Crippen LogP contribution in [0.4, 0.5) is 0 Å². The lowest BCUT2D eigenvalue weighted by molar-refractivity contribution is 0.100. The zero-order valence-corrected chi connectivity index (χ0v) is 10.4. The standard InChI is InChI=1S/C14H22N2O/c1-2-14(17-9-1)6-8-16-7-5-12(11-16)10-15-13-3-4-13/h5,7,11,13-15H,1-4,6,8-10H2. The fourth-order valence-corrected chi connectivity index (χ4v) is 2.45. The summed E-state index contributed by atoms with van der Waals surface area (Å²) in [6.45, 7) is 3.08. The van der Waals surface area contributed by atoms with Gasteiger partial charge in [-0.25, -0.2) is 0 Å². The first kappa shape index (κ1) is 11.3. The van der Waals surface area contributed by atoms with E-state index in [9.17, 15) is 0 Å². The molecular weight excluding hydrogens is 212 g/mol. The van der Waals surface area contributed by atoms with E-state index in [1.807, 2.05) is 0 Å². The van der Waals surface area contributed by atoms with Crippen molar-refractivity contribution >= 4 is 0 Å². The molecule has 1 aromatic heterocycles. The number of nitrogens with one attached hydrogen (secondary N) is 1. The fourth-order valence-electron chi connectivity index (χ4n) is 2.45. The molecule has 2 aliphatic rings. The molecule has 17 heavy (non-hydrogen) atoms. The number of aromatic nitrogens is 1. The van der Waals surface area contributed by atoms with Gasteiger partial charge in [0, 0.05) is 38.1 Å². The molecule has 1 saturated carbocycles. The van der Waals surface area contributed by atoms with Crippen LogP contribution in [-0.4, -0.2) is 23.3 Å². The van der Waals surface area contributed by atoms with Crippen LogP contribution >= 0.6 is 0 Å². The van der Waals surface area contributed by atoms with E-state index in [4.69, 9.17) is 4.74 Å². The maximum absolute atomic E-state index is 5.64. The summed E-state index contributed by atoms with van der Waals surface area (Å²) in [5.74, 6) is 0. The summed E-state index contributed by atoms with van der Waals surface area (Å²) in [5.41, 5.74) is 1.41. The molecule has 0 bridgehead atoms. The van der Waals surface area contributed by atoms with E-state index in [1.54, 1.807) is 0 Å². The van der Waals surface area contributed by atoms with Crippen molar-refractivity contribution in [2.24, 2.45) is 0 Å². The van der Waals surface area contributed by atoms with Gasteiger partial charge >= 0.3 is 0 Å². The van der Waals surface area contributed by atoms with Gasteiger partial charge in [0.25, 0.3) is 0 Å². The summed E-state index contributed by atoms with van der Waals surface area (Å²) in [7, 11) is 0. The predicted molar refractivity (Wildman–Crippen MR) is 67.9 cm³/mol. The maximum atomic E-state index is 5.64. The van der Waals surface area contributed by atoms with Gasteiger partial charge in [-0.1, -0.05) is 0 Å². The van der Waals surface area contributed by atoms with E-state index in [0.717, 1.165) is 32.2 Å². The van der Waals surface area contributed by atoms with E-state index in [-0.39, 0.29) is 0 Å². The summed E-state index contributed by atoms with van der Waals surface area (Å²) in [4.78, 5) is 0. The topological polar surface area (TPSA) is 26.2 Å². The molecule has 3 heteroatoms. The summed E-state index contributed by atoms with van der Waals surface area (Å²) < 4.78 is 7.94. The first-order chi connectivity index (χ1) is 8.40. The number of ether oxygens (including phenoxy) is 1. The Hall–Kier alpha value is -0.800. The molecule has 3 rings (SSSR count). The highest BCUT2D eigenvalue weighted by molar-refractivity contribution is 5.10. The Morgan fingerprint density at radius 1 is 1.35 bits per heavy atom. The predicted octanol–water partition coefficient (Wildman–Crippen LogP) is 2.31. The van der Waals surface area contributed by atoms with Crippen molar-refractivity contribution in [3.05, 3.63) is 24.0 Å². The third-order valence-electron chi connectivity index (χ3n) is 3.72. The Bertz CT molecular complexity index is 351. The maximum Gasteiger partial charge on any atom is 0.0593 e. The molecule has 1 aliphatic carbocycles. The Kier molecular flexibility index (Phi) is 3.48. The molecule has 2 fully saturated rings. The summed E-state index contributed by atoms with van der Waals surface area (Å²) in [5, 5.41) is 3.55. The monoisotopic (exact) mass is 234 g/mol. The van der Waals surface area contributed by atoms with Crippen LogP contribution in [0.5, 0.6) is 0 Å². The van der Waals surface area contributed by atoms with E-state index < -0.39 is 0 Å². The average Bonchev–Trinajstić information content (AvgIpc) is 2.86. The van der Waals surface area contributed by atoms with Crippen LogP contribution < -0.4 is 5.32 Å². The van der Waals surface area contributed by atoms with Crippen molar-refractivity contribution in [1.29, 1.82) is 0 Å². The van der Waals surface area contributed by atoms with Crippen molar-refractivity contribution in [2.45, 2.75) is 57.3 Å². The average molecular weight is 234 g/mol. The molecule has 0 spiro atoms. The van der Waals surface area contributed by atoms with Gasteiger partial charge in [-0.3, -0.25) is 0 Å². The van der Waals surface area contributed by atoms with Gasteiger partial charge in [-0.2, -0.15) is 0 Å². The highest BCUT2D eigenvalue weighted by Gasteiger charge is 2.20.